The van der Waals surface area contributed by atoms with E-state index in [1.165, 1.54) is 10.0 Å². The van der Waals surface area contributed by atoms with Gasteiger partial charge >= 0.3 is 6.18 Å². The normalized spacial score (nSPS) is 20.2. The van der Waals surface area contributed by atoms with Crippen LogP contribution < -0.4 is 0 Å². The highest BCUT2D eigenvalue weighted by atomic mass is 19.4. The predicted molar refractivity (Wildman–Crippen MR) is 76.7 cm³/mol. The van der Waals surface area contributed by atoms with Crippen molar-refractivity contribution >= 4 is 5.71 Å². The first-order chi connectivity index (χ1) is 10.4. The van der Waals surface area contributed by atoms with Crippen LogP contribution in [0.5, 0.6) is 0 Å². The van der Waals surface area contributed by atoms with Crippen LogP contribution in [0, 0.1) is 0 Å². The number of hydrogen-bond acceptors (Lipinski definition) is 4. The fraction of sp³-hybridized carbons (Fsp3) is 0.333. The van der Waals surface area contributed by atoms with E-state index in [0.717, 1.165) is 12.5 Å². The summed E-state index contributed by atoms with van der Waals surface area (Å²) in [6.07, 6.45) is 2.54. The van der Waals surface area contributed by atoms with E-state index in [2.05, 4.69) is 9.98 Å². The minimum Gasteiger partial charge on any atom is -0.264 e. The maximum absolute atomic E-state index is 13.0. The molecule has 1 aromatic rings. The third-order valence-corrected chi connectivity index (χ3v) is 3.73. The Morgan fingerprint density at radius 3 is 2.73 bits per heavy atom. The zero-order valence-corrected chi connectivity index (χ0v) is 12.2. The van der Waals surface area contributed by atoms with Gasteiger partial charge in [-0.3, -0.25) is 9.99 Å². The highest BCUT2D eigenvalue weighted by molar-refractivity contribution is 6.09. The second-order valence-corrected chi connectivity index (χ2v) is 5.24. The number of halogens is 3. The van der Waals surface area contributed by atoms with Gasteiger partial charge < -0.3 is 0 Å². The molecule has 1 atom stereocenters. The van der Waals surface area contributed by atoms with Crippen LogP contribution in [-0.4, -0.2) is 39.5 Å². The van der Waals surface area contributed by atoms with Gasteiger partial charge in [0.25, 0.3) is 0 Å². The van der Waals surface area contributed by atoms with E-state index in [1.807, 2.05) is 6.07 Å². The van der Waals surface area contributed by atoms with Crippen LogP contribution in [0.2, 0.25) is 0 Å². The smallest absolute Gasteiger partial charge is 0.264 e. The number of aliphatic imine (C=N–C) groups is 1. The summed E-state index contributed by atoms with van der Waals surface area (Å²) < 4.78 is 38.9. The van der Waals surface area contributed by atoms with Gasteiger partial charge in [-0.15, -0.1) is 0 Å². The van der Waals surface area contributed by atoms with Gasteiger partial charge in [0, 0.05) is 30.2 Å². The molecule has 0 fully saturated rings. The summed E-state index contributed by atoms with van der Waals surface area (Å²) in [5, 5.41) is 2.79. The molecule has 7 heteroatoms. The zero-order valence-electron chi connectivity index (χ0n) is 12.2. The van der Waals surface area contributed by atoms with Gasteiger partial charge in [-0.25, -0.2) is 4.99 Å². The predicted octanol–water partition coefficient (Wildman–Crippen LogP) is 3.11. The van der Waals surface area contributed by atoms with Crippen LogP contribution in [0.4, 0.5) is 13.2 Å². The van der Waals surface area contributed by atoms with Crippen LogP contribution in [0.3, 0.4) is 0 Å². The van der Waals surface area contributed by atoms with E-state index < -0.39 is 12.2 Å². The van der Waals surface area contributed by atoms with Gasteiger partial charge in [0.15, 0.2) is 0 Å². The van der Waals surface area contributed by atoms with Crippen molar-refractivity contribution in [1.82, 2.24) is 15.0 Å². The minimum atomic E-state index is -4.28. The van der Waals surface area contributed by atoms with Crippen molar-refractivity contribution in [3.8, 4) is 0 Å². The van der Waals surface area contributed by atoms with Gasteiger partial charge in [-0.2, -0.15) is 18.2 Å². The standard InChI is InChI=1S/C15H15F3N4/c1-10-8-13(12-4-3-6-19-9-12)20-14-5-7-21(22(10)14)11(2)15(16,17)18/h3-6,8-9,11H,7H2,1-2H3. The fourth-order valence-electron chi connectivity index (χ4n) is 2.53. The summed E-state index contributed by atoms with van der Waals surface area (Å²) in [4.78, 5) is 8.50. The average molecular weight is 308 g/mol. The maximum atomic E-state index is 13.0. The monoisotopic (exact) mass is 308 g/mol. The van der Waals surface area contributed by atoms with E-state index in [9.17, 15) is 13.2 Å². The lowest BCUT2D eigenvalue weighted by Gasteiger charge is -2.37. The third-order valence-electron chi connectivity index (χ3n) is 3.73. The summed E-state index contributed by atoms with van der Waals surface area (Å²) in [6, 6.07) is 2.10. The summed E-state index contributed by atoms with van der Waals surface area (Å²) >= 11 is 0. The van der Waals surface area contributed by atoms with Crippen molar-refractivity contribution in [2.45, 2.75) is 26.1 Å². The number of allylic oxidation sites excluding steroid dienone is 2. The second kappa shape index (κ2) is 5.24. The number of fused-ring (bicyclic) bond motifs is 1. The number of aromatic nitrogens is 1. The molecule has 0 amide bonds. The first-order valence-corrected chi connectivity index (χ1v) is 6.89. The maximum Gasteiger partial charge on any atom is 0.405 e. The molecule has 2 aliphatic heterocycles. The SMILES string of the molecule is CC1=CC(c2cccnc2)=NC2=CCN(C(C)C(F)(F)F)N12. The Balaban J connectivity index is 1.90. The molecule has 0 spiro atoms. The van der Waals surface area contributed by atoms with Crippen molar-refractivity contribution in [2.24, 2.45) is 4.99 Å². The third kappa shape index (κ3) is 2.52. The molecule has 0 bridgehead atoms. The first-order valence-electron chi connectivity index (χ1n) is 6.89. The molecule has 3 heterocycles. The number of rotatable bonds is 2. The van der Waals surface area contributed by atoms with Crippen molar-refractivity contribution < 1.29 is 13.2 Å². The largest absolute Gasteiger partial charge is 0.405 e. The van der Waals surface area contributed by atoms with E-state index in [-0.39, 0.29) is 6.54 Å². The quantitative estimate of drug-likeness (QED) is 0.841. The highest BCUT2D eigenvalue weighted by Gasteiger charge is 2.45. The van der Waals surface area contributed by atoms with Crippen molar-refractivity contribution in [3.63, 3.8) is 0 Å². The lowest BCUT2D eigenvalue weighted by molar-refractivity contribution is -0.201. The summed E-state index contributed by atoms with van der Waals surface area (Å²) in [5.74, 6) is 0.523. The van der Waals surface area contributed by atoms with Crippen molar-refractivity contribution in [3.05, 3.63) is 53.8 Å². The van der Waals surface area contributed by atoms with Crippen LogP contribution in [0.25, 0.3) is 0 Å². The molecule has 4 nitrogen and oxygen atoms in total. The molecular weight excluding hydrogens is 293 g/mol. The molecule has 116 valence electrons. The molecule has 1 unspecified atom stereocenters. The Bertz CT molecular complexity index is 661. The number of alkyl halides is 3. The van der Waals surface area contributed by atoms with E-state index in [4.69, 9.17) is 0 Å². The van der Waals surface area contributed by atoms with E-state index in [0.29, 0.717) is 17.2 Å². The summed E-state index contributed by atoms with van der Waals surface area (Å²) in [7, 11) is 0. The molecule has 2 aliphatic rings. The number of hydrogen-bond donors (Lipinski definition) is 0. The molecule has 0 radical (unpaired) electrons. The molecule has 0 N–H and O–H groups in total. The number of pyridine rings is 1. The first kappa shape index (κ1) is 14.8. The molecule has 3 rings (SSSR count). The molecule has 0 saturated heterocycles. The van der Waals surface area contributed by atoms with E-state index >= 15 is 0 Å². The average Bonchev–Trinajstić information content (AvgIpc) is 2.90. The van der Waals surface area contributed by atoms with Crippen LogP contribution in [-0.2, 0) is 0 Å². The van der Waals surface area contributed by atoms with Gasteiger partial charge in [0.05, 0.1) is 5.71 Å². The fourth-order valence-corrected chi connectivity index (χ4v) is 2.53. The molecular formula is C15H15F3N4. The number of hydrazine groups is 1. The second-order valence-electron chi connectivity index (χ2n) is 5.24. The minimum absolute atomic E-state index is 0.186. The van der Waals surface area contributed by atoms with Crippen molar-refractivity contribution in [2.75, 3.05) is 6.54 Å². The molecule has 22 heavy (non-hydrogen) atoms. The molecule has 0 aliphatic carbocycles. The highest BCUT2D eigenvalue weighted by Crippen LogP contribution is 2.34. The lowest BCUT2D eigenvalue weighted by Crippen LogP contribution is -2.49. The van der Waals surface area contributed by atoms with Crippen LogP contribution in [0.15, 0.2) is 53.2 Å². The van der Waals surface area contributed by atoms with E-state index in [1.54, 1.807) is 37.5 Å². The Morgan fingerprint density at radius 1 is 1.32 bits per heavy atom. The molecule has 0 aromatic carbocycles. The Labute approximate surface area is 126 Å². The zero-order chi connectivity index (χ0) is 15.9. The Hall–Kier alpha value is -2.15. The summed E-state index contributed by atoms with van der Waals surface area (Å²) in [5.41, 5.74) is 2.24. The topological polar surface area (TPSA) is 31.7 Å². The Kier molecular flexibility index (Phi) is 3.52. The van der Waals surface area contributed by atoms with Crippen LogP contribution in [0.1, 0.15) is 19.4 Å². The molecule has 1 aromatic heterocycles. The molecule has 0 saturated carbocycles. The lowest BCUT2D eigenvalue weighted by atomic mass is 10.1. The van der Waals surface area contributed by atoms with Crippen molar-refractivity contribution in [1.29, 1.82) is 0 Å². The van der Waals surface area contributed by atoms with Gasteiger partial charge in [-0.05, 0) is 38.1 Å². The number of nitrogens with zero attached hydrogens (tertiary/aromatic N) is 4. The van der Waals surface area contributed by atoms with Crippen LogP contribution >= 0.6 is 0 Å². The summed E-state index contributed by atoms with van der Waals surface area (Å²) in [6.45, 7) is 3.12. The van der Waals surface area contributed by atoms with Gasteiger partial charge in [0.1, 0.15) is 11.9 Å². The Morgan fingerprint density at radius 2 is 2.09 bits per heavy atom. The van der Waals surface area contributed by atoms with Gasteiger partial charge in [-0.1, -0.05) is 0 Å². The van der Waals surface area contributed by atoms with Gasteiger partial charge in [0.2, 0.25) is 0 Å².